The number of hydrogen-bond acceptors (Lipinski definition) is 3. The Balaban J connectivity index is 2.81. The van der Waals surface area contributed by atoms with Gasteiger partial charge in [-0.3, -0.25) is 0 Å². The van der Waals surface area contributed by atoms with E-state index in [1.54, 1.807) is 0 Å². The molecular formula is C17H35NO2S. The number of sulfone groups is 1. The second kappa shape index (κ2) is 8.52. The molecule has 1 fully saturated rings. The maximum Gasteiger partial charge on any atom is 0.154 e. The first-order valence-corrected chi connectivity index (χ1v) is 10.4. The van der Waals surface area contributed by atoms with Crippen molar-refractivity contribution in [1.29, 1.82) is 0 Å². The third kappa shape index (κ3) is 5.90. The van der Waals surface area contributed by atoms with Gasteiger partial charge in [0, 0.05) is 6.04 Å². The van der Waals surface area contributed by atoms with Crippen molar-refractivity contribution in [2.24, 2.45) is 17.8 Å². The van der Waals surface area contributed by atoms with Gasteiger partial charge in [0.15, 0.2) is 9.84 Å². The summed E-state index contributed by atoms with van der Waals surface area (Å²) in [5.41, 5.74) is 0. The molecule has 0 aliphatic heterocycles. The van der Waals surface area contributed by atoms with E-state index in [0.29, 0.717) is 23.5 Å². The molecule has 0 aromatic rings. The van der Waals surface area contributed by atoms with E-state index in [0.717, 1.165) is 38.6 Å². The summed E-state index contributed by atoms with van der Waals surface area (Å²) < 4.78 is 25.6. The molecule has 3 atom stereocenters. The zero-order valence-electron chi connectivity index (χ0n) is 14.6. The van der Waals surface area contributed by atoms with Crippen LogP contribution in [0.15, 0.2) is 0 Å². The van der Waals surface area contributed by atoms with Gasteiger partial charge in [-0.2, -0.15) is 0 Å². The van der Waals surface area contributed by atoms with E-state index in [-0.39, 0.29) is 11.3 Å². The minimum Gasteiger partial charge on any atom is -0.313 e. The smallest absolute Gasteiger partial charge is 0.154 e. The van der Waals surface area contributed by atoms with Crippen LogP contribution >= 0.6 is 0 Å². The molecule has 4 heteroatoms. The van der Waals surface area contributed by atoms with E-state index < -0.39 is 9.84 Å². The van der Waals surface area contributed by atoms with Crippen LogP contribution in [-0.2, 0) is 9.84 Å². The van der Waals surface area contributed by atoms with Crippen molar-refractivity contribution in [2.45, 2.75) is 78.0 Å². The topological polar surface area (TPSA) is 46.2 Å². The summed E-state index contributed by atoms with van der Waals surface area (Å²) >= 11 is 0. The molecule has 0 amide bonds. The molecule has 1 aliphatic rings. The molecule has 1 saturated carbocycles. The minimum absolute atomic E-state index is 0.164. The molecule has 1 aliphatic carbocycles. The Labute approximate surface area is 132 Å². The van der Waals surface area contributed by atoms with Crippen molar-refractivity contribution in [3.05, 3.63) is 0 Å². The molecule has 1 rings (SSSR count). The van der Waals surface area contributed by atoms with Crippen molar-refractivity contribution < 1.29 is 8.42 Å². The third-order valence-electron chi connectivity index (χ3n) is 4.87. The van der Waals surface area contributed by atoms with Crippen LogP contribution in [0.1, 0.15) is 66.7 Å². The Bertz CT molecular complexity index is 390. The molecule has 0 bridgehead atoms. The molecule has 0 heterocycles. The minimum atomic E-state index is -2.99. The quantitative estimate of drug-likeness (QED) is 0.743. The van der Waals surface area contributed by atoms with Gasteiger partial charge in [0.2, 0.25) is 0 Å². The zero-order valence-corrected chi connectivity index (χ0v) is 15.4. The normalized spacial score (nSPS) is 27.5. The van der Waals surface area contributed by atoms with E-state index in [2.05, 4.69) is 39.9 Å². The zero-order chi connectivity index (χ0) is 16.0. The van der Waals surface area contributed by atoms with Crippen LogP contribution in [0.4, 0.5) is 0 Å². The highest BCUT2D eigenvalue weighted by Crippen LogP contribution is 2.34. The lowest BCUT2D eigenvalue weighted by Crippen LogP contribution is -2.49. The highest BCUT2D eigenvalue weighted by molar-refractivity contribution is 7.92. The van der Waals surface area contributed by atoms with Crippen molar-refractivity contribution in [3.63, 3.8) is 0 Å². The van der Waals surface area contributed by atoms with E-state index in [9.17, 15) is 8.42 Å². The largest absolute Gasteiger partial charge is 0.313 e. The molecule has 0 aromatic carbocycles. The summed E-state index contributed by atoms with van der Waals surface area (Å²) in [6.07, 6.45) is 4.86. The van der Waals surface area contributed by atoms with Crippen LogP contribution < -0.4 is 5.32 Å². The van der Waals surface area contributed by atoms with Gasteiger partial charge >= 0.3 is 0 Å². The Morgan fingerprint density at radius 1 is 1.14 bits per heavy atom. The van der Waals surface area contributed by atoms with E-state index in [1.807, 2.05) is 0 Å². The van der Waals surface area contributed by atoms with Crippen molar-refractivity contribution in [3.8, 4) is 0 Å². The lowest BCUT2D eigenvalue weighted by atomic mass is 9.79. The monoisotopic (exact) mass is 317 g/mol. The third-order valence-corrected chi connectivity index (χ3v) is 7.12. The number of hydrogen-bond donors (Lipinski definition) is 1. The average Bonchev–Trinajstić information content (AvgIpc) is 2.42. The van der Waals surface area contributed by atoms with E-state index >= 15 is 0 Å². The summed E-state index contributed by atoms with van der Waals surface area (Å²) in [4.78, 5) is 0. The van der Waals surface area contributed by atoms with Crippen LogP contribution in [0, 0.1) is 17.8 Å². The van der Waals surface area contributed by atoms with Crippen LogP contribution in [0.25, 0.3) is 0 Å². The highest BCUT2D eigenvalue weighted by Gasteiger charge is 2.39. The van der Waals surface area contributed by atoms with Crippen molar-refractivity contribution in [2.75, 3.05) is 12.3 Å². The SMILES string of the molecule is CCCNC1CCC(C(C)C)CC1S(=O)(=O)CCC(C)C. The Morgan fingerprint density at radius 2 is 1.81 bits per heavy atom. The first kappa shape index (κ1) is 19.0. The Morgan fingerprint density at radius 3 is 2.33 bits per heavy atom. The van der Waals surface area contributed by atoms with Crippen molar-refractivity contribution >= 4 is 9.84 Å². The Kier molecular flexibility index (Phi) is 7.69. The fourth-order valence-corrected chi connectivity index (χ4v) is 5.65. The van der Waals surface area contributed by atoms with Gasteiger partial charge in [-0.1, -0.05) is 34.6 Å². The van der Waals surface area contributed by atoms with Gasteiger partial charge in [-0.15, -0.1) is 0 Å². The molecular weight excluding hydrogens is 282 g/mol. The molecule has 0 saturated heterocycles. The van der Waals surface area contributed by atoms with Crippen molar-refractivity contribution in [1.82, 2.24) is 5.32 Å². The fraction of sp³-hybridized carbons (Fsp3) is 1.00. The van der Waals surface area contributed by atoms with E-state index in [1.165, 1.54) is 0 Å². The lowest BCUT2D eigenvalue weighted by molar-refractivity contribution is 0.240. The van der Waals surface area contributed by atoms with Crippen LogP contribution in [0.2, 0.25) is 0 Å². The van der Waals surface area contributed by atoms with Gasteiger partial charge in [0.05, 0.1) is 11.0 Å². The molecule has 0 spiro atoms. The van der Waals surface area contributed by atoms with Gasteiger partial charge < -0.3 is 5.32 Å². The molecule has 0 radical (unpaired) electrons. The molecule has 1 N–H and O–H groups in total. The highest BCUT2D eigenvalue weighted by atomic mass is 32.2. The maximum absolute atomic E-state index is 12.8. The summed E-state index contributed by atoms with van der Waals surface area (Å²) in [5.74, 6) is 1.94. The molecule has 126 valence electrons. The first-order valence-electron chi connectivity index (χ1n) is 8.72. The van der Waals surface area contributed by atoms with Gasteiger partial charge in [0.1, 0.15) is 0 Å². The summed E-state index contributed by atoms with van der Waals surface area (Å²) in [6, 6.07) is 0.164. The fourth-order valence-electron chi connectivity index (χ4n) is 3.28. The predicted octanol–water partition coefficient (Wildman–Crippen LogP) is 3.64. The number of nitrogens with one attached hydrogen (secondary N) is 1. The van der Waals surface area contributed by atoms with Gasteiger partial charge in [0.25, 0.3) is 0 Å². The Hall–Kier alpha value is -0.0900. The van der Waals surface area contributed by atoms with Crippen LogP contribution in [0.5, 0.6) is 0 Å². The second-order valence-corrected chi connectivity index (χ2v) is 9.81. The second-order valence-electron chi connectivity index (χ2n) is 7.47. The van der Waals surface area contributed by atoms with E-state index in [4.69, 9.17) is 0 Å². The molecule has 0 aromatic heterocycles. The molecule has 3 nitrogen and oxygen atoms in total. The molecule has 3 unspecified atom stereocenters. The molecule has 21 heavy (non-hydrogen) atoms. The van der Waals surface area contributed by atoms with Crippen LogP contribution in [0.3, 0.4) is 0 Å². The van der Waals surface area contributed by atoms with Gasteiger partial charge in [-0.05, 0) is 56.4 Å². The van der Waals surface area contributed by atoms with Crippen LogP contribution in [-0.4, -0.2) is 32.0 Å². The average molecular weight is 318 g/mol. The summed E-state index contributed by atoms with van der Waals surface area (Å²) in [5, 5.41) is 3.32. The standard InChI is InChI=1S/C17H35NO2S/c1-6-10-18-16-8-7-15(14(4)5)12-17(16)21(19,20)11-9-13(2)3/h13-18H,6-12H2,1-5H3. The maximum atomic E-state index is 12.8. The first-order chi connectivity index (χ1) is 9.77. The van der Waals surface area contributed by atoms with Gasteiger partial charge in [-0.25, -0.2) is 8.42 Å². The lowest BCUT2D eigenvalue weighted by Gasteiger charge is -2.38. The summed E-state index contributed by atoms with van der Waals surface area (Å²) in [7, 11) is -2.99. The predicted molar refractivity (Wildman–Crippen MR) is 91.3 cm³/mol. The summed E-state index contributed by atoms with van der Waals surface area (Å²) in [6.45, 7) is 11.7. The number of rotatable bonds is 8.